The number of hydrogen-bond acceptors (Lipinski definition) is 5. The normalized spacial score (nSPS) is 20.9. The van der Waals surface area contributed by atoms with Crippen LogP contribution in [0.2, 0.25) is 0 Å². The molecule has 3 amide bonds. The molecule has 3 aliphatic rings. The molecular weight excluding hydrogens is 434 g/mol. The van der Waals surface area contributed by atoms with Crippen molar-refractivity contribution in [2.24, 2.45) is 0 Å². The van der Waals surface area contributed by atoms with Crippen LogP contribution in [0.1, 0.15) is 54.3 Å². The first-order chi connectivity index (χ1) is 16.4. The lowest BCUT2D eigenvalue weighted by molar-refractivity contribution is 0.0547. The van der Waals surface area contributed by atoms with E-state index in [-0.39, 0.29) is 23.6 Å². The number of amides is 3. The van der Waals surface area contributed by atoms with Gasteiger partial charge in [0, 0.05) is 48.9 Å². The predicted octanol–water partition coefficient (Wildman–Crippen LogP) is 3.83. The number of rotatable bonds is 4. The lowest BCUT2D eigenvalue weighted by atomic mass is 9.82. The number of carbonyl (C=O) groups excluding carboxylic acids is 2. The first-order valence-corrected chi connectivity index (χ1v) is 11.7. The fraction of sp³-hybridized carbons (Fsp3) is 0.462. The van der Waals surface area contributed by atoms with E-state index in [1.807, 2.05) is 28.9 Å². The average molecular weight is 464 g/mol. The highest BCUT2D eigenvalue weighted by molar-refractivity contribution is 5.91. The maximum absolute atomic E-state index is 13.7. The highest BCUT2D eigenvalue weighted by Crippen LogP contribution is 2.49. The number of likely N-dealkylation sites (N-methyl/N-ethyl adjacent to an activating group) is 1. The van der Waals surface area contributed by atoms with Gasteiger partial charge in [0.25, 0.3) is 5.91 Å². The van der Waals surface area contributed by atoms with Gasteiger partial charge >= 0.3 is 6.03 Å². The molecule has 1 aromatic heterocycles. The number of piperidine rings is 1. The summed E-state index contributed by atoms with van der Waals surface area (Å²) in [7, 11) is 3.29. The summed E-state index contributed by atoms with van der Waals surface area (Å²) in [5.41, 5.74) is 2.68. The van der Waals surface area contributed by atoms with E-state index < -0.39 is 5.54 Å². The molecule has 1 aromatic carbocycles. The second-order valence-corrected chi connectivity index (χ2v) is 9.04. The number of urea groups is 1. The first kappa shape index (κ1) is 22.2. The molecule has 178 valence electrons. The number of nitrogens with zero attached hydrogens (tertiary/aromatic N) is 3. The van der Waals surface area contributed by atoms with Crippen LogP contribution in [0.4, 0.5) is 4.79 Å². The van der Waals surface area contributed by atoms with E-state index >= 15 is 0 Å². The third kappa shape index (κ3) is 3.22. The lowest BCUT2D eigenvalue weighted by Crippen LogP contribution is -2.54. The molecular formula is C26H29N3O5. The van der Waals surface area contributed by atoms with Crippen LogP contribution in [0, 0.1) is 12.3 Å². The van der Waals surface area contributed by atoms with Crippen molar-refractivity contribution in [1.29, 1.82) is 0 Å². The summed E-state index contributed by atoms with van der Waals surface area (Å²) in [4.78, 5) is 32.1. The fourth-order valence-electron chi connectivity index (χ4n) is 5.81. The van der Waals surface area contributed by atoms with Gasteiger partial charge in [-0.15, -0.1) is 0 Å². The van der Waals surface area contributed by atoms with E-state index in [2.05, 4.69) is 25.3 Å². The van der Waals surface area contributed by atoms with Crippen molar-refractivity contribution in [2.45, 2.75) is 44.7 Å². The SMILES string of the molecule is CCN1C(=O)N2Cc3cc(OC)cc(OC)c3C(C)C=C2C12CCN(C(=O)c1cc#co1)CC2. The van der Waals surface area contributed by atoms with Crippen molar-refractivity contribution < 1.29 is 23.5 Å². The molecule has 2 aromatic rings. The molecule has 8 nitrogen and oxygen atoms in total. The number of carbonyl (C=O) groups is 2. The topological polar surface area (TPSA) is 75.5 Å². The minimum atomic E-state index is -0.447. The molecule has 0 N–H and O–H groups in total. The number of allylic oxidation sites excluding steroid dienone is 1. The van der Waals surface area contributed by atoms with Gasteiger partial charge < -0.3 is 23.7 Å². The Bertz CT molecular complexity index is 1130. The van der Waals surface area contributed by atoms with Crippen molar-refractivity contribution in [3.05, 3.63) is 59.2 Å². The Labute approximate surface area is 199 Å². The minimum absolute atomic E-state index is 0.00518. The fourth-order valence-corrected chi connectivity index (χ4v) is 5.81. The van der Waals surface area contributed by atoms with Gasteiger partial charge in [-0.3, -0.25) is 9.69 Å². The van der Waals surface area contributed by atoms with Crippen molar-refractivity contribution >= 4 is 11.9 Å². The Morgan fingerprint density at radius 3 is 2.62 bits per heavy atom. The zero-order valence-electron chi connectivity index (χ0n) is 20.0. The number of ether oxygens (including phenoxy) is 2. The van der Waals surface area contributed by atoms with Crippen LogP contribution in [0.25, 0.3) is 0 Å². The van der Waals surface area contributed by atoms with E-state index in [4.69, 9.17) is 13.9 Å². The maximum Gasteiger partial charge on any atom is 0.325 e. The Hall–Kier alpha value is -3.60. The Morgan fingerprint density at radius 1 is 1.24 bits per heavy atom. The zero-order valence-corrected chi connectivity index (χ0v) is 20.0. The molecule has 4 heterocycles. The summed E-state index contributed by atoms with van der Waals surface area (Å²) in [6, 6.07) is 8.08. The van der Waals surface area contributed by atoms with Gasteiger partial charge in [-0.2, -0.15) is 0 Å². The van der Waals surface area contributed by atoms with Gasteiger partial charge in [0.15, 0.2) is 0 Å². The molecule has 0 aliphatic carbocycles. The van der Waals surface area contributed by atoms with Crippen LogP contribution in [-0.4, -0.2) is 66.0 Å². The third-order valence-electron chi connectivity index (χ3n) is 7.42. The van der Waals surface area contributed by atoms with Gasteiger partial charge in [0.1, 0.15) is 17.8 Å². The van der Waals surface area contributed by atoms with Crippen molar-refractivity contribution in [2.75, 3.05) is 33.9 Å². The van der Waals surface area contributed by atoms with Gasteiger partial charge in [0.05, 0.1) is 26.3 Å². The first-order valence-electron chi connectivity index (χ1n) is 11.7. The molecule has 0 saturated carbocycles. The maximum atomic E-state index is 13.7. The summed E-state index contributed by atoms with van der Waals surface area (Å²) < 4.78 is 16.3. The van der Waals surface area contributed by atoms with Crippen LogP contribution in [0.15, 0.2) is 34.4 Å². The Balaban J connectivity index is 1.51. The number of likely N-dealkylation sites (tertiary alicyclic amines) is 1. The van der Waals surface area contributed by atoms with Gasteiger partial charge in [0.2, 0.25) is 5.76 Å². The predicted molar refractivity (Wildman–Crippen MR) is 124 cm³/mol. The van der Waals surface area contributed by atoms with E-state index in [9.17, 15) is 9.59 Å². The number of hydrogen-bond donors (Lipinski definition) is 0. The summed E-state index contributed by atoms with van der Waals surface area (Å²) in [6.07, 6.45) is 6.00. The molecule has 1 spiro atoms. The van der Waals surface area contributed by atoms with Gasteiger partial charge in [-0.05, 0) is 37.5 Å². The molecule has 0 bridgehead atoms. The number of methoxy groups -OCH3 is 2. The standard InChI is InChI=1S/C26H29N3O5/c1-5-29-25(31)28-16-18-14-19(32-3)15-21(33-4)23(18)17(2)13-22(28)26(29)8-10-27(11-9-26)24(30)20-7-6-12-34-20/h7,13-15,17H,5,8-11,16H2,1-4H3. The molecule has 2 fully saturated rings. The average Bonchev–Trinajstić information content (AvgIpc) is 3.42. The van der Waals surface area contributed by atoms with E-state index in [1.54, 1.807) is 19.1 Å². The second kappa shape index (κ2) is 8.32. The smallest absolute Gasteiger partial charge is 0.325 e. The molecule has 5 rings (SSSR count). The highest BCUT2D eigenvalue weighted by Gasteiger charge is 2.55. The highest BCUT2D eigenvalue weighted by atomic mass is 16.5. The van der Waals surface area contributed by atoms with Gasteiger partial charge in [-0.25, -0.2) is 4.79 Å². The van der Waals surface area contributed by atoms with Crippen LogP contribution in [0.3, 0.4) is 0 Å². The summed E-state index contributed by atoms with van der Waals surface area (Å²) in [6.45, 7) is 6.28. The molecule has 2 saturated heterocycles. The Kier molecular flexibility index (Phi) is 5.43. The monoisotopic (exact) mass is 463 g/mol. The number of benzene rings is 1. The zero-order chi connectivity index (χ0) is 24.0. The molecule has 8 heteroatoms. The molecule has 3 aliphatic heterocycles. The third-order valence-corrected chi connectivity index (χ3v) is 7.42. The van der Waals surface area contributed by atoms with Crippen LogP contribution in [0.5, 0.6) is 11.5 Å². The molecule has 0 radical (unpaired) electrons. The van der Waals surface area contributed by atoms with Gasteiger partial charge in [-0.1, -0.05) is 13.0 Å². The van der Waals surface area contributed by atoms with Crippen molar-refractivity contribution in [3.63, 3.8) is 0 Å². The van der Waals surface area contributed by atoms with Crippen molar-refractivity contribution in [3.8, 4) is 11.5 Å². The quantitative estimate of drug-likeness (QED) is 0.689. The molecule has 1 atom stereocenters. The van der Waals surface area contributed by atoms with E-state index in [1.165, 1.54) is 6.07 Å². The minimum Gasteiger partial charge on any atom is -0.497 e. The largest absolute Gasteiger partial charge is 0.497 e. The van der Waals surface area contributed by atoms with Crippen LogP contribution < -0.4 is 9.47 Å². The molecule has 34 heavy (non-hydrogen) atoms. The van der Waals surface area contributed by atoms with Crippen LogP contribution >= 0.6 is 0 Å². The lowest BCUT2D eigenvalue weighted by Gasteiger charge is -2.44. The summed E-state index contributed by atoms with van der Waals surface area (Å²) in [5, 5.41) is 0. The summed E-state index contributed by atoms with van der Waals surface area (Å²) in [5.74, 6) is 1.60. The van der Waals surface area contributed by atoms with E-state index in [0.717, 1.165) is 22.6 Å². The van der Waals surface area contributed by atoms with E-state index in [0.29, 0.717) is 44.8 Å². The van der Waals surface area contributed by atoms with Crippen molar-refractivity contribution in [1.82, 2.24) is 14.7 Å². The second-order valence-electron chi connectivity index (χ2n) is 9.04. The summed E-state index contributed by atoms with van der Waals surface area (Å²) >= 11 is 0. The Morgan fingerprint density at radius 2 is 2.00 bits per heavy atom. The molecule has 1 unspecified atom stereocenters. The van der Waals surface area contributed by atoms with Crippen LogP contribution in [-0.2, 0) is 6.54 Å². The number of fused-ring (bicyclic) bond motifs is 3.